The first-order valence-corrected chi connectivity index (χ1v) is 8.86. The standard InChI is InChI=1S/C15H21NO5S/c1-21-15(18)8-10-16-9-7-14(17)13(16)11-22(19,20)12-5-3-2-4-6-12/h2-6,13-14,17H,7-11H2,1H3/t13-,14+/m0/s1. The van der Waals surface area contributed by atoms with Gasteiger partial charge in [0.25, 0.3) is 0 Å². The van der Waals surface area contributed by atoms with E-state index in [1.165, 1.54) is 7.11 Å². The van der Waals surface area contributed by atoms with E-state index in [4.69, 9.17) is 0 Å². The minimum atomic E-state index is -3.47. The average Bonchev–Trinajstić information content (AvgIpc) is 2.86. The van der Waals surface area contributed by atoms with E-state index in [1.807, 2.05) is 4.90 Å². The molecule has 2 atom stereocenters. The van der Waals surface area contributed by atoms with Crippen LogP contribution >= 0.6 is 0 Å². The molecular weight excluding hydrogens is 306 g/mol. The van der Waals surface area contributed by atoms with E-state index in [2.05, 4.69) is 4.74 Å². The third-order valence-electron chi connectivity index (χ3n) is 3.95. The molecule has 0 bridgehead atoms. The van der Waals surface area contributed by atoms with Gasteiger partial charge in [-0.1, -0.05) is 18.2 Å². The van der Waals surface area contributed by atoms with Crippen molar-refractivity contribution in [1.82, 2.24) is 4.90 Å². The Labute approximate surface area is 130 Å². The normalized spacial score (nSPS) is 22.6. The van der Waals surface area contributed by atoms with Crippen molar-refractivity contribution in [2.75, 3.05) is 26.0 Å². The highest BCUT2D eigenvalue weighted by Gasteiger charge is 2.36. The summed E-state index contributed by atoms with van der Waals surface area (Å²) in [5.74, 6) is -0.495. The SMILES string of the molecule is COC(=O)CCN1CC[C@@H](O)[C@@H]1CS(=O)(=O)c1ccccc1. The number of hydrogen-bond acceptors (Lipinski definition) is 6. The van der Waals surface area contributed by atoms with E-state index in [-0.39, 0.29) is 23.0 Å². The fourth-order valence-electron chi connectivity index (χ4n) is 2.68. The topological polar surface area (TPSA) is 83.9 Å². The maximum atomic E-state index is 12.4. The van der Waals surface area contributed by atoms with Crippen LogP contribution in [0.25, 0.3) is 0 Å². The van der Waals surface area contributed by atoms with E-state index in [0.717, 1.165) is 0 Å². The smallest absolute Gasteiger partial charge is 0.306 e. The molecule has 0 unspecified atom stereocenters. The van der Waals surface area contributed by atoms with Crippen molar-refractivity contribution in [2.24, 2.45) is 0 Å². The second-order valence-corrected chi connectivity index (χ2v) is 7.41. The van der Waals surface area contributed by atoms with Gasteiger partial charge in [-0.15, -0.1) is 0 Å². The van der Waals surface area contributed by atoms with E-state index in [9.17, 15) is 18.3 Å². The fourth-order valence-corrected chi connectivity index (χ4v) is 4.33. The molecule has 1 aliphatic rings. The number of sulfone groups is 1. The molecule has 1 fully saturated rings. The van der Waals surface area contributed by atoms with E-state index in [0.29, 0.717) is 19.5 Å². The quantitative estimate of drug-likeness (QED) is 0.764. The number of hydrogen-bond donors (Lipinski definition) is 1. The van der Waals surface area contributed by atoms with Gasteiger partial charge in [0, 0.05) is 19.1 Å². The molecule has 1 N–H and O–H groups in total. The Morgan fingerprint density at radius 3 is 2.68 bits per heavy atom. The molecule has 1 heterocycles. The van der Waals surface area contributed by atoms with Crippen molar-refractivity contribution in [1.29, 1.82) is 0 Å². The summed E-state index contributed by atoms with van der Waals surface area (Å²) in [7, 11) is -2.15. The van der Waals surface area contributed by atoms with Crippen LogP contribution in [0.2, 0.25) is 0 Å². The molecule has 0 aromatic heterocycles. The van der Waals surface area contributed by atoms with Crippen LogP contribution in [0.4, 0.5) is 0 Å². The minimum absolute atomic E-state index is 0.153. The number of rotatable bonds is 6. The highest BCUT2D eigenvalue weighted by molar-refractivity contribution is 7.91. The lowest BCUT2D eigenvalue weighted by molar-refractivity contribution is -0.141. The van der Waals surface area contributed by atoms with Gasteiger partial charge >= 0.3 is 5.97 Å². The van der Waals surface area contributed by atoms with Gasteiger partial charge < -0.3 is 9.84 Å². The lowest BCUT2D eigenvalue weighted by atomic mass is 10.2. The summed E-state index contributed by atoms with van der Waals surface area (Å²) >= 11 is 0. The van der Waals surface area contributed by atoms with Crippen LogP contribution in [-0.2, 0) is 19.4 Å². The molecule has 0 spiro atoms. The second-order valence-electron chi connectivity index (χ2n) is 5.38. The number of methoxy groups -OCH3 is 1. The summed E-state index contributed by atoms with van der Waals surface area (Å²) in [6.45, 7) is 0.964. The van der Waals surface area contributed by atoms with E-state index >= 15 is 0 Å². The number of likely N-dealkylation sites (tertiary alicyclic amines) is 1. The van der Waals surface area contributed by atoms with Crippen LogP contribution in [-0.4, -0.2) is 62.5 Å². The summed E-state index contributed by atoms with van der Waals surface area (Å²) in [5, 5.41) is 10.1. The summed E-state index contributed by atoms with van der Waals surface area (Å²) < 4.78 is 29.5. The molecule has 7 heteroatoms. The van der Waals surface area contributed by atoms with Gasteiger partial charge in [0.2, 0.25) is 0 Å². The summed E-state index contributed by atoms with van der Waals surface area (Å²) in [5.41, 5.74) is 0. The Kier molecular flexibility index (Phi) is 5.55. The molecule has 1 aliphatic heterocycles. The fraction of sp³-hybridized carbons (Fsp3) is 0.533. The van der Waals surface area contributed by atoms with Crippen LogP contribution in [0.3, 0.4) is 0 Å². The summed E-state index contributed by atoms with van der Waals surface area (Å²) in [4.78, 5) is 13.3. The van der Waals surface area contributed by atoms with Gasteiger partial charge in [-0.25, -0.2) is 8.42 Å². The second kappa shape index (κ2) is 7.21. The average molecular weight is 327 g/mol. The molecule has 0 amide bonds. The number of benzene rings is 1. The van der Waals surface area contributed by atoms with Crippen LogP contribution in [0, 0.1) is 0 Å². The Balaban J connectivity index is 2.07. The Morgan fingerprint density at radius 2 is 2.05 bits per heavy atom. The van der Waals surface area contributed by atoms with Crippen molar-refractivity contribution >= 4 is 15.8 Å². The lowest BCUT2D eigenvalue weighted by Crippen LogP contribution is -2.41. The Hall–Kier alpha value is -1.44. The highest BCUT2D eigenvalue weighted by Crippen LogP contribution is 2.22. The first-order chi connectivity index (χ1) is 10.4. The minimum Gasteiger partial charge on any atom is -0.469 e. The molecule has 1 aromatic carbocycles. The zero-order valence-electron chi connectivity index (χ0n) is 12.5. The third-order valence-corrected chi connectivity index (χ3v) is 5.72. The van der Waals surface area contributed by atoms with Gasteiger partial charge in [-0.3, -0.25) is 9.69 Å². The molecular formula is C15H21NO5S. The molecule has 6 nitrogen and oxygen atoms in total. The summed E-state index contributed by atoms with van der Waals surface area (Å²) in [6.07, 6.45) is -0.00234. The zero-order valence-corrected chi connectivity index (χ0v) is 13.3. The van der Waals surface area contributed by atoms with E-state index in [1.54, 1.807) is 30.3 Å². The number of aliphatic hydroxyl groups is 1. The number of carbonyl (C=O) groups is 1. The van der Waals surface area contributed by atoms with Crippen molar-refractivity contribution in [3.8, 4) is 0 Å². The molecule has 1 saturated heterocycles. The molecule has 0 radical (unpaired) electrons. The van der Waals surface area contributed by atoms with Gasteiger partial charge in [-0.05, 0) is 18.6 Å². The van der Waals surface area contributed by atoms with Crippen molar-refractivity contribution in [2.45, 2.75) is 29.9 Å². The Bertz CT molecular complexity index is 602. The lowest BCUT2D eigenvalue weighted by Gasteiger charge is -2.25. The van der Waals surface area contributed by atoms with Gasteiger partial charge in [0.05, 0.1) is 30.3 Å². The van der Waals surface area contributed by atoms with Gasteiger partial charge in [0.15, 0.2) is 9.84 Å². The van der Waals surface area contributed by atoms with Gasteiger partial charge in [0.1, 0.15) is 0 Å². The van der Waals surface area contributed by atoms with Crippen molar-refractivity contribution in [3.63, 3.8) is 0 Å². The molecule has 22 heavy (non-hydrogen) atoms. The van der Waals surface area contributed by atoms with Crippen LogP contribution in [0.5, 0.6) is 0 Å². The molecule has 122 valence electrons. The van der Waals surface area contributed by atoms with Crippen LogP contribution in [0.15, 0.2) is 35.2 Å². The number of aliphatic hydroxyl groups excluding tert-OH is 1. The van der Waals surface area contributed by atoms with Crippen molar-refractivity contribution in [3.05, 3.63) is 30.3 Å². The summed E-state index contributed by atoms with van der Waals surface area (Å²) in [6, 6.07) is 7.71. The van der Waals surface area contributed by atoms with Crippen LogP contribution < -0.4 is 0 Å². The number of nitrogens with zero attached hydrogens (tertiary/aromatic N) is 1. The van der Waals surface area contributed by atoms with E-state index < -0.39 is 22.0 Å². The predicted octanol–water partition coefficient (Wildman–Crippen LogP) is 0.459. The highest BCUT2D eigenvalue weighted by atomic mass is 32.2. The zero-order chi connectivity index (χ0) is 16.2. The van der Waals surface area contributed by atoms with Crippen molar-refractivity contribution < 1.29 is 23.1 Å². The molecule has 2 rings (SSSR count). The molecule has 0 aliphatic carbocycles. The first-order valence-electron chi connectivity index (χ1n) is 7.21. The van der Waals surface area contributed by atoms with Gasteiger partial charge in [-0.2, -0.15) is 0 Å². The largest absolute Gasteiger partial charge is 0.469 e. The monoisotopic (exact) mass is 327 g/mol. The maximum absolute atomic E-state index is 12.4. The third kappa shape index (κ3) is 4.06. The first kappa shape index (κ1) is 16.9. The number of esters is 1. The number of carbonyl (C=O) groups excluding carboxylic acids is 1. The maximum Gasteiger partial charge on any atom is 0.306 e. The number of ether oxygens (including phenoxy) is 1. The Morgan fingerprint density at radius 1 is 1.36 bits per heavy atom. The molecule has 0 saturated carbocycles. The predicted molar refractivity (Wildman–Crippen MR) is 81.1 cm³/mol. The van der Waals surface area contributed by atoms with Crippen LogP contribution in [0.1, 0.15) is 12.8 Å². The molecule has 1 aromatic rings.